The van der Waals surface area contributed by atoms with E-state index in [-0.39, 0.29) is 0 Å². The highest BCUT2D eigenvalue weighted by atomic mass is 35.5. The first-order chi connectivity index (χ1) is 7.61. The molecule has 0 saturated heterocycles. The Morgan fingerprint density at radius 3 is 2.81 bits per heavy atom. The Hall–Kier alpha value is -0.790. The fraction of sp³-hybridized carbons (Fsp3) is 0.429. The second-order valence-corrected chi connectivity index (χ2v) is 4.69. The third-order valence-corrected chi connectivity index (χ3v) is 2.69. The minimum atomic E-state index is 0.459. The summed E-state index contributed by atoms with van der Waals surface area (Å²) in [6.45, 7) is 9.16. The molecule has 1 nitrogen and oxygen atoms in total. The van der Waals surface area contributed by atoms with Crippen LogP contribution in [-0.4, -0.2) is 12.6 Å². The molecule has 88 valence electrons. The van der Waals surface area contributed by atoms with Crippen LogP contribution in [0.5, 0.6) is 0 Å². The Morgan fingerprint density at radius 1 is 1.50 bits per heavy atom. The van der Waals surface area contributed by atoms with Gasteiger partial charge in [0, 0.05) is 11.1 Å². The number of halogens is 1. The standard InChI is InChI=1S/C14H20ClN/c1-4-16-14(8-11(2)3)10-12-6-5-7-13(15)9-12/h5-7,9,14,16H,2,4,8,10H2,1,3H3. The van der Waals surface area contributed by atoms with E-state index >= 15 is 0 Å². The summed E-state index contributed by atoms with van der Waals surface area (Å²) in [5, 5.41) is 4.29. The van der Waals surface area contributed by atoms with Crippen LogP contribution >= 0.6 is 11.6 Å². The van der Waals surface area contributed by atoms with Crippen molar-refractivity contribution in [3.8, 4) is 0 Å². The first-order valence-corrected chi connectivity index (χ1v) is 6.11. The third-order valence-electron chi connectivity index (χ3n) is 2.46. The van der Waals surface area contributed by atoms with Gasteiger partial charge < -0.3 is 5.32 Å². The summed E-state index contributed by atoms with van der Waals surface area (Å²) >= 11 is 5.97. The first kappa shape index (κ1) is 13.3. The van der Waals surface area contributed by atoms with E-state index in [1.165, 1.54) is 11.1 Å². The van der Waals surface area contributed by atoms with Gasteiger partial charge in [-0.05, 0) is 44.0 Å². The Bertz CT molecular complexity index is 346. The van der Waals surface area contributed by atoms with Gasteiger partial charge in [0.15, 0.2) is 0 Å². The molecule has 0 saturated carbocycles. The maximum absolute atomic E-state index is 5.97. The Kier molecular flexibility index (Phi) is 5.58. The molecule has 0 aliphatic carbocycles. The van der Waals surface area contributed by atoms with Crippen molar-refractivity contribution in [2.45, 2.75) is 32.7 Å². The van der Waals surface area contributed by atoms with E-state index < -0.39 is 0 Å². The van der Waals surface area contributed by atoms with Crippen molar-refractivity contribution in [3.05, 3.63) is 47.0 Å². The van der Waals surface area contributed by atoms with Gasteiger partial charge in [-0.2, -0.15) is 0 Å². The highest BCUT2D eigenvalue weighted by Gasteiger charge is 2.08. The molecule has 16 heavy (non-hydrogen) atoms. The van der Waals surface area contributed by atoms with Gasteiger partial charge in [-0.15, -0.1) is 6.58 Å². The molecule has 1 aromatic carbocycles. The topological polar surface area (TPSA) is 12.0 Å². The first-order valence-electron chi connectivity index (χ1n) is 5.74. The monoisotopic (exact) mass is 237 g/mol. The van der Waals surface area contributed by atoms with Crippen LogP contribution in [0.2, 0.25) is 5.02 Å². The fourth-order valence-corrected chi connectivity index (χ4v) is 2.09. The molecule has 0 heterocycles. The second-order valence-electron chi connectivity index (χ2n) is 4.25. The summed E-state index contributed by atoms with van der Waals surface area (Å²) in [6.07, 6.45) is 2.02. The fourth-order valence-electron chi connectivity index (χ4n) is 1.87. The molecule has 0 fully saturated rings. The molecule has 0 bridgehead atoms. The predicted molar refractivity (Wildman–Crippen MR) is 72.1 cm³/mol. The van der Waals surface area contributed by atoms with Crippen LogP contribution in [0, 0.1) is 0 Å². The molecule has 0 aliphatic rings. The van der Waals surface area contributed by atoms with Gasteiger partial charge in [-0.1, -0.05) is 36.2 Å². The number of rotatable bonds is 6. The van der Waals surface area contributed by atoms with Gasteiger partial charge in [0.05, 0.1) is 0 Å². The van der Waals surface area contributed by atoms with Crippen LogP contribution in [0.4, 0.5) is 0 Å². The maximum Gasteiger partial charge on any atom is 0.0408 e. The zero-order valence-corrected chi connectivity index (χ0v) is 10.8. The van der Waals surface area contributed by atoms with Gasteiger partial charge in [0.1, 0.15) is 0 Å². The van der Waals surface area contributed by atoms with Crippen molar-refractivity contribution in [3.63, 3.8) is 0 Å². The number of nitrogens with one attached hydrogen (secondary N) is 1. The van der Waals surface area contributed by atoms with E-state index in [1.54, 1.807) is 0 Å². The minimum Gasteiger partial charge on any atom is -0.314 e. The van der Waals surface area contributed by atoms with Crippen molar-refractivity contribution < 1.29 is 0 Å². The van der Waals surface area contributed by atoms with Crippen LogP contribution in [0.15, 0.2) is 36.4 Å². The van der Waals surface area contributed by atoms with E-state index in [2.05, 4.69) is 31.8 Å². The number of benzene rings is 1. The normalized spacial score (nSPS) is 12.4. The van der Waals surface area contributed by atoms with Crippen LogP contribution in [-0.2, 0) is 6.42 Å². The molecule has 0 radical (unpaired) electrons. The van der Waals surface area contributed by atoms with Gasteiger partial charge in [0.2, 0.25) is 0 Å². The quantitative estimate of drug-likeness (QED) is 0.742. The molecule has 1 N–H and O–H groups in total. The summed E-state index contributed by atoms with van der Waals surface area (Å²) in [6, 6.07) is 8.52. The van der Waals surface area contributed by atoms with Crippen molar-refractivity contribution in [2.75, 3.05) is 6.54 Å². The Balaban J connectivity index is 2.63. The van der Waals surface area contributed by atoms with Crippen LogP contribution < -0.4 is 5.32 Å². The van der Waals surface area contributed by atoms with E-state index in [1.807, 2.05) is 18.2 Å². The average molecular weight is 238 g/mol. The molecular formula is C14H20ClN. The van der Waals surface area contributed by atoms with Crippen LogP contribution in [0.1, 0.15) is 25.8 Å². The second kappa shape index (κ2) is 6.72. The van der Waals surface area contributed by atoms with E-state index in [4.69, 9.17) is 11.6 Å². The average Bonchev–Trinajstić information content (AvgIpc) is 2.16. The zero-order chi connectivity index (χ0) is 12.0. The lowest BCUT2D eigenvalue weighted by atomic mass is 10.0. The molecule has 1 aromatic rings. The predicted octanol–water partition coefficient (Wildman–Crippen LogP) is 3.83. The molecule has 0 spiro atoms. The number of hydrogen-bond acceptors (Lipinski definition) is 1. The molecule has 2 heteroatoms. The summed E-state index contributed by atoms with van der Waals surface area (Å²) in [4.78, 5) is 0. The molecule has 0 amide bonds. The summed E-state index contributed by atoms with van der Waals surface area (Å²) in [7, 11) is 0. The van der Waals surface area contributed by atoms with Gasteiger partial charge in [-0.25, -0.2) is 0 Å². The molecule has 1 rings (SSSR count). The van der Waals surface area contributed by atoms with E-state index in [0.29, 0.717) is 6.04 Å². The van der Waals surface area contributed by atoms with Gasteiger partial charge in [0.25, 0.3) is 0 Å². The highest BCUT2D eigenvalue weighted by Crippen LogP contribution is 2.14. The largest absolute Gasteiger partial charge is 0.314 e. The molecule has 1 unspecified atom stereocenters. The minimum absolute atomic E-state index is 0.459. The van der Waals surface area contributed by atoms with E-state index in [0.717, 1.165) is 24.4 Å². The summed E-state index contributed by atoms with van der Waals surface area (Å²) < 4.78 is 0. The van der Waals surface area contributed by atoms with Gasteiger partial charge >= 0.3 is 0 Å². The lowest BCUT2D eigenvalue weighted by molar-refractivity contribution is 0.520. The lowest BCUT2D eigenvalue weighted by Gasteiger charge is -2.18. The SMILES string of the molecule is C=C(C)CC(Cc1cccc(Cl)c1)NCC. The summed E-state index contributed by atoms with van der Waals surface area (Å²) in [5.74, 6) is 0. The third kappa shape index (κ3) is 4.82. The van der Waals surface area contributed by atoms with Crippen LogP contribution in [0.3, 0.4) is 0 Å². The number of likely N-dealkylation sites (N-methyl/N-ethyl adjacent to an activating group) is 1. The summed E-state index contributed by atoms with van der Waals surface area (Å²) in [5.41, 5.74) is 2.49. The molecule has 0 aliphatic heterocycles. The lowest BCUT2D eigenvalue weighted by Crippen LogP contribution is -2.31. The van der Waals surface area contributed by atoms with Crippen molar-refractivity contribution in [1.29, 1.82) is 0 Å². The van der Waals surface area contributed by atoms with Gasteiger partial charge in [-0.3, -0.25) is 0 Å². The molecule has 0 aromatic heterocycles. The van der Waals surface area contributed by atoms with Crippen molar-refractivity contribution in [1.82, 2.24) is 5.32 Å². The van der Waals surface area contributed by atoms with Crippen molar-refractivity contribution in [2.24, 2.45) is 0 Å². The Morgan fingerprint density at radius 2 is 2.25 bits per heavy atom. The zero-order valence-electron chi connectivity index (χ0n) is 10.1. The maximum atomic E-state index is 5.97. The molecule has 1 atom stereocenters. The smallest absolute Gasteiger partial charge is 0.0408 e. The van der Waals surface area contributed by atoms with Crippen LogP contribution in [0.25, 0.3) is 0 Å². The Labute approximate surface area is 104 Å². The number of hydrogen-bond donors (Lipinski definition) is 1. The molecular weight excluding hydrogens is 218 g/mol. The van der Waals surface area contributed by atoms with E-state index in [9.17, 15) is 0 Å². The highest BCUT2D eigenvalue weighted by molar-refractivity contribution is 6.30. The van der Waals surface area contributed by atoms with Crippen molar-refractivity contribution >= 4 is 11.6 Å².